The van der Waals surface area contributed by atoms with Crippen molar-refractivity contribution in [3.8, 4) is 11.5 Å². The lowest BCUT2D eigenvalue weighted by Gasteiger charge is -2.27. The molecule has 1 aliphatic rings. The predicted octanol–water partition coefficient (Wildman–Crippen LogP) is 5.97. The molecule has 0 unspecified atom stereocenters. The van der Waals surface area contributed by atoms with Gasteiger partial charge in [-0.15, -0.1) is 0 Å². The molecule has 1 heterocycles. The summed E-state index contributed by atoms with van der Waals surface area (Å²) in [5.74, 6) is -0.646. The minimum atomic E-state index is -0.792. The van der Waals surface area contributed by atoms with Crippen LogP contribution in [0.5, 0.6) is 11.5 Å². The fraction of sp³-hybridized carbons (Fsp3) is 0.148. The Morgan fingerprint density at radius 1 is 1.06 bits per heavy atom. The topological polar surface area (TPSA) is 84.9 Å². The molecule has 0 bridgehead atoms. The highest BCUT2D eigenvalue weighted by Crippen LogP contribution is 2.38. The van der Waals surface area contributed by atoms with Crippen LogP contribution in [0, 0.1) is 13.8 Å². The fourth-order valence-corrected chi connectivity index (χ4v) is 4.54. The average Bonchev–Trinajstić information content (AvgIpc) is 2.83. The smallest absolute Gasteiger partial charge is 0.335 e. The summed E-state index contributed by atoms with van der Waals surface area (Å²) in [7, 11) is 1.49. The van der Waals surface area contributed by atoms with Crippen LogP contribution in [0.4, 0.5) is 10.5 Å². The summed E-state index contributed by atoms with van der Waals surface area (Å²) in [6.07, 6.45) is 1.41. The van der Waals surface area contributed by atoms with Gasteiger partial charge in [0.25, 0.3) is 11.8 Å². The second kappa shape index (κ2) is 10.6. The molecular weight excluding hydrogens is 548 g/mol. The molecule has 9 heteroatoms. The summed E-state index contributed by atoms with van der Waals surface area (Å²) in [5, 5.41) is 2.86. The third-order valence-electron chi connectivity index (χ3n) is 5.54. The molecular formula is C27H22BrClN2O5. The van der Waals surface area contributed by atoms with E-state index in [0.717, 1.165) is 21.6 Å². The summed E-state index contributed by atoms with van der Waals surface area (Å²) in [4.78, 5) is 39.5. The molecule has 7 nitrogen and oxygen atoms in total. The van der Waals surface area contributed by atoms with Crippen LogP contribution in [0.3, 0.4) is 0 Å². The maximum absolute atomic E-state index is 13.3. The Labute approximate surface area is 221 Å². The molecule has 0 saturated carbocycles. The summed E-state index contributed by atoms with van der Waals surface area (Å²) < 4.78 is 12.0. The van der Waals surface area contributed by atoms with Crippen molar-refractivity contribution in [2.75, 3.05) is 12.0 Å². The van der Waals surface area contributed by atoms with Gasteiger partial charge in [-0.25, -0.2) is 9.69 Å². The number of halogens is 2. The molecule has 0 aromatic heterocycles. The lowest BCUT2D eigenvalue weighted by Crippen LogP contribution is -2.54. The van der Waals surface area contributed by atoms with Gasteiger partial charge in [0, 0.05) is 5.02 Å². The van der Waals surface area contributed by atoms with Crippen LogP contribution in [0.1, 0.15) is 22.3 Å². The van der Waals surface area contributed by atoms with Crippen molar-refractivity contribution in [2.24, 2.45) is 0 Å². The molecule has 0 atom stereocenters. The molecule has 1 fully saturated rings. The van der Waals surface area contributed by atoms with Crippen LogP contribution in [0.2, 0.25) is 5.02 Å². The highest BCUT2D eigenvalue weighted by molar-refractivity contribution is 9.10. The molecule has 0 radical (unpaired) electrons. The predicted molar refractivity (Wildman–Crippen MR) is 141 cm³/mol. The van der Waals surface area contributed by atoms with Gasteiger partial charge in [-0.2, -0.15) is 0 Å². The zero-order chi connectivity index (χ0) is 26.0. The van der Waals surface area contributed by atoms with E-state index in [-0.39, 0.29) is 12.2 Å². The molecule has 4 amide bonds. The third kappa shape index (κ3) is 5.29. The minimum Gasteiger partial charge on any atom is -0.493 e. The van der Waals surface area contributed by atoms with E-state index < -0.39 is 17.8 Å². The Balaban J connectivity index is 1.66. The Hall–Kier alpha value is -3.62. The normalized spacial score (nSPS) is 14.8. The van der Waals surface area contributed by atoms with Gasteiger partial charge in [0.2, 0.25) is 0 Å². The standard InChI is InChI=1S/C27H22BrClN2O5/c1-15-7-8-16(2)22(9-15)31-26(33)20(25(32)30-27(31)34)11-18-12-21(28)24(23(13-18)35-3)36-14-17-5-4-6-19(29)10-17/h4-13H,14H2,1-3H3,(H,30,32,34)/b20-11+. The van der Waals surface area contributed by atoms with Crippen molar-refractivity contribution in [1.29, 1.82) is 0 Å². The number of rotatable bonds is 6. The largest absolute Gasteiger partial charge is 0.493 e. The van der Waals surface area contributed by atoms with Crippen LogP contribution >= 0.6 is 27.5 Å². The number of methoxy groups -OCH3 is 1. The van der Waals surface area contributed by atoms with Gasteiger partial charge in [0.15, 0.2) is 11.5 Å². The first-order valence-electron chi connectivity index (χ1n) is 10.9. The highest BCUT2D eigenvalue weighted by atomic mass is 79.9. The van der Waals surface area contributed by atoms with Crippen molar-refractivity contribution in [1.82, 2.24) is 5.32 Å². The first-order chi connectivity index (χ1) is 17.2. The van der Waals surface area contributed by atoms with E-state index in [1.807, 2.05) is 31.2 Å². The number of hydrogen-bond donors (Lipinski definition) is 1. The Kier molecular flexibility index (Phi) is 7.47. The number of anilines is 1. The Morgan fingerprint density at radius 2 is 1.83 bits per heavy atom. The number of aryl methyl sites for hydroxylation is 2. The Morgan fingerprint density at radius 3 is 2.56 bits per heavy atom. The van der Waals surface area contributed by atoms with Gasteiger partial charge in [-0.05, 0) is 88.4 Å². The molecule has 1 saturated heterocycles. The van der Waals surface area contributed by atoms with Crippen molar-refractivity contribution < 1.29 is 23.9 Å². The maximum Gasteiger partial charge on any atom is 0.335 e. The van der Waals surface area contributed by atoms with Crippen LogP contribution in [-0.2, 0) is 16.2 Å². The molecule has 3 aromatic rings. The number of carbonyl (C=O) groups excluding carboxylic acids is 3. The molecule has 36 heavy (non-hydrogen) atoms. The number of nitrogens with zero attached hydrogens (tertiary/aromatic N) is 1. The van der Waals surface area contributed by atoms with Crippen molar-refractivity contribution in [3.63, 3.8) is 0 Å². The van der Waals surface area contributed by atoms with Gasteiger partial charge in [-0.1, -0.05) is 35.9 Å². The summed E-state index contributed by atoms with van der Waals surface area (Å²) in [6, 6.07) is 15.3. The van der Waals surface area contributed by atoms with Gasteiger partial charge in [0.05, 0.1) is 17.3 Å². The van der Waals surface area contributed by atoms with Gasteiger partial charge in [-0.3, -0.25) is 14.9 Å². The summed E-state index contributed by atoms with van der Waals surface area (Å²) in [5.41, 5.74) is 3.21. The van der Waals surface area contributed by atoms with Crippen molar-refractivity contribution in [2.45, 2.75) is 20.5 Å². The van der Waals surface area contributed by atoms with Gasteiger partial charge in [0.1, 0.15) is 12.2 Å². The Bertz CT molecular complexity index is 1420. The molecule has 3 aromatic carbocycles. The molecule has 0 aliphatic carbocycles. The molecule has 0 spiro atoms. The number of amides is 4. The number of hydrogen-bond acceptors (Lipinski definition) is 5. The molecule has 184 valence electrons. The zero-order valence-electron chi connectivity index (χ0n) is 19.7. The minimum absolute atomic E-state index is 0.183. The zero-order valence-corrected chi connectivity index (χ0v) is 22.1. The first-order valence-corrected chi connectivity index (χ1v) is 12.1. The SMILES string of the molecule is COc1cc(/C=C2\C(=O)NC(=O)N(c3cc(C)ccc3C)C2=O)cc(Br)c1OCc1cccc(Cl)c1. The number of benzene rings is 3. The van der Waals surface area contributed by atoms with E-state index in [1.165, 1.54) is 13.2 Å². The van der Waals surface area contributed by atoms with Gasteiger partial charge >= 0.3 is 6.03 Å². The maximum atomic E-state index is 13.3. The number of ether oxygens (including phenoxy) is 2. The molecule has 1 N–H and O–H groups in total. The van der Waals surface area contributed by atoms with E-state index >= 15 is 0 Å². The van der Waals surface area contributed by atoms with Gasteiger partial charge < -0.3 is 9.47 Å². The van der Waals surface area contributed by atoms with E-state index in [0.29, 0.717) is 32.2 Å². The van der Waals surface area contributed by atoms with Crippen LogP contribution < -0.4 is 19.7 Å². The average molecular weight is 570 g/mol. The lowest BCUT2D eigenvalue weighted by atomic mass is 10.0. The molecule has 4 rings (SSSR count). The second-order valence-corrected chi connectivity index (χ2v) is 9.49. The van der Waals surface area contributed by atoms with Crippen LogP contribution in [-0.4, -0.2) is 25.0 Å². The van der Waals surface area contributed by atoms with Crippen molar-refractivity contribution >= 4 is 57.1 Å². The second-order valence-electron chi connectivity index (χ2n) is 8.20. The number of nitrogens with one attached hydrogen (secondary N) is 1. The summed E-state index contributed by atoms with van der Waals surface area (Å²) in [6.45, 7) is 3.90. The van der Waals surface area contributed by atoms with E-state index in [2.05, 4.69) is 21.2 Å². The fourth-order valence-electron chi connectivity index (χ4n) is 3.75. The number of carbonyl (C=O) groups is 3. The van der Waals surface area contributed by atoms with E-state index in [1.54, 1.807) is 37.3 Å². The quantitative estimate of drug-likeness (QED) is 0.292. The van der Waals surface area contributed by atoms with E-state index in [4.69, 9.17) is 21.1 Å². The van der Waals surface area contributed by atoms with Crippen LogP contribution in [0.25, 0.3) is 6.08 Å². The first kappa shape index (κ1) is 25.5. The monoisotopic (exact) mass is 568 g/mol. The van der Waals surface area contributed by atoms with E-state index in [9.17, 15) is 14.4 Å². The van der Waals surface area contributed by atoms with Crippen LogP contribution in [0.15, 0.2) is 64.6 Å². The highest BCUT2D eigenvalue weighted by Gasteiger charge is 2.37. The third-order valence-corrected chi connectivity index (χ3v) is 6.37. The number of barbiturate groups is 1. The lowest BCUT2D eigenvalue weighted by molar-refractivity contribution is -0.122. The molecule has 1 aliphatic heterocycles. The van der Waals surface area contributed by atoms with Crippen molar-refractivity contribution in [3.05, 3.63) is 91.9 Å². The number of imide groups is 2. The summed E-state index contributed by atoms with van der Waals surface area (Å²) >= 11 is 9.53. The number of urea groups is 1.